The number of phosphoric ester groups is 1. The molecule has 3 rings (SSSR count). The zero-order valence-corrected chi connectivity index (χ0v) is 20.1. The summed E-state index contributed by atoms with van der Waals surface area (Å²) >= 11 is 8.01. The largest absolute Gasteiger partial charge is 0.516 e. The Balaban J connectivity index is 1.57. The average molecular weight is 507 g/mol. The Hall–Kier alpha value is -2.25. The first kappa shape index (κ1) is 25.4. The molecule has 0 spiro atoms. The Bertz CT molecular complexity index is 1130. The van der Waals surface area contributed by atoms with E-state index in [0.717, 1.165) is 32.9 Å². The number of benzene rings is 3. The second kappa shape index (κ2) is 12.3. The zero-order chi connectivity index (χ0) is 23.7. The summed E-state index contributed by atoms with van der Waals surface area (Å²) < 4.78 is 21.1. The summed E-state index contributed by atoms with van der Waals surface area (Å²) in [7, 11) is -4.59. The van der Waals surface area contributed by atoms with Crippen molar-refractivity contribution in [2.75, 3.05) is 6.61 Å². The number of hydrogen-bond donors (Lipinski definition) is 3. The van der Waals surface area contributed by atoms with Crippen LogP contribution in [0.3, 0.4) is 0 Å². The van der Waals surface area contributed by atoms with Gasteiger partial charge in [0.2, 0.25) is 0 Å². The number of halogens is 1. The molecule has 33 heavy (non-hydrogen) atoms. The van der Waals surface area contributed by atoms with Gasteiger partial charge in [0.25, 0.3) is 0 Å². The van der Waals surface area contributed by atoms with E-state index in [9.17, 15) is 9.67 Å². The molecule has 0 aromatic heterocycles. The van der Waals surface area contributed by atoms with Gasteiger partial charge in [-0.25, -0.2) is 4.57 Å². The lowest BCUT2D eigenvalue weighted by Gasteiger charge is -2.11. The van der Waals surface area contributed by atoms with Crippen molar-refractivity contribution >= 4 is 31.2 Å². The third-order valence-corrected chi connectivity index (χ3v) is 6.43. The van der Waals surface area contributed by atoms with Gasteiger partial charge in [0.05, 0.1) is 12.9 Å². The topological polar surface area (TPSA) is 96.2 Å². The van der Waals surface area contributed by atoms with Gasteiger partial charge in [-0.3, -0.25) is 4.52 Å². The van der Waals surface area contributed by atoms with E-state index >= 15 is 0 Å². The highest BCUT2D eigenvalue weighted by Crippen LogP contribution is 2.37. The fourth-order valence-corrected chi connectivity index (χ4v) is 4.52. The molecule has 0 fully saturated rings. The second-order valence-electron chi connectivity index (χ2n) is 7.16. The van der Waals surface area contributed by atoms with Crippen LogP contribution >= 0.6 is 31.2 Å². The summed E-state index contributed by atoms with van der Waals surface area (Å²) in [5, 5.41) is 9.84. The molecule has 0 aliphatic heterocycles. The minimum absolute atomic E-state index is 0.351. The molecule has 3 N–H and O–H groups in total. The van der Waals surface area contributed by atoms with Gasteiger partial charge >= 0.3 is 7.82 Å². The van der Waals surface area contributed by atoms with Gasteiger partial charge in [-0.2, -0.15) is 0 Å². The molecule has 0 radical (unpaired) electrons. The van der Waals surface area contributed by atoms with Crippen molar-refractivity contribution in [3.63, 3.8) is 0 Å². The van der Waals surface area contributed by atoms with Crippen molar-refractivity contribution in [2.45, 2.75) is 29.2 Å². The van der Waals surface area contributed by atoms with Gasteiger partial charge < -0.3 is 19.6 Å². The molecule has 9 heteroatoms. The van der Waals surface area contributed by atoms with E-state index in [-0.39, 0.29) is 6.61 Å². The molecular formula is C24H24ClO6PS. The fourth-order valence-electron chi connectivity index (χ4n) is 2.93. The lowest BCUT2D eigenvalue weighted by molar-refractivity contribution is 0.209. The van der Waals surface area contributed by atoms with Gasteiger partial charge in [-0.1, -0.05) is 65.8 Å². The predicted molar refractivity (Wildman–Crippen MR) is 130 cm³/mol. The summed E-state index contributed by atoms with van der Waals surface area (Å²) in [4.78, 5) is 19.6. The molecule has 0 aliphatic rings. The van der Waals surface area contributed by atoms with E-state index in [1.165, 1.54) is 0 Å². The molecular weight excluding hydrogens is 483 g/mol. The van der Waals surface area contributed by atoms with Crippen LogP contribution in [0.5, 0.6) is 5.75 Å². The van der Waals surface area contributed by atoms with Crippen molar-refractivity contribution in [1.29, 1.82) is 0 Å². The highest BCUT2D eigenvalue weighted by molar-refractivity contribution is 7.99. The Morgan fingerprint density at radius 3 is 2.45 bits per heavy atom. The summed E-state index contributed by atoms with van der Waals surface area (Å²) in [5.74, 6) is 0.785. The van der Waals surface area contributed by atoms with Crippen molar-refractivity contribution in [2.24, 2.45) is 0 Å². The summed E-state index contributed by atoms with van der Waals surface area (Å²) in [5.41, 5.74) is 2.32. The third kappa shape index (κ3) is 8.89. The molecule has 6 nitrogen and oxygen atoms in total. The van der Waals surface area contributed by atoms with Crippen molar-refractivity contribution in [3.05, 3.63) is 101 Å². The van der Waals surface area contributed by atoms with Crippen LogP contribution in [0.4, 0.5) is 0 Å². The van der Waals surface area contributed by atoms with Crippen LogP contribution in [0.1, 0.15) is 17.5 Å². The highest BCUT2D eigenvalue weighted by Gasteiger charge is 2.15. The van der Waals surface area contributed by atoms with E-state index in [2.05, 4.69) is 4.52 Å². The number of aliphatic hydroxyl groups excluding tert-OH is 1. The number of ether oxygens (including phenoxy) is 1. The lowest BCUT2D eigenvalue weighted by Crippen LogP contribution is -1.99. The Morgan fingerprint density at radius 2 is 1.76 bits per heavy atom. The van der Waals surface area contributed by atoms with Crippen molar-refractivity contribution < 1.29 is 28.7 Å². The van der Waals surface area contributed by atoms with Crippen molar-refractivity contribution in [1.82, 2.24) is 0 Å². The van der Waals surface area contributed by atoms with E-state index in [1.54, 1.807) is 11.8 Å². The standard InChI is InChI=1S/C24H24ClO6PS/c25-24-14-23(12-11-20(24)10-9-19(15-26)17-31-32(27,28)29)33-22-8-4-7-21(13-22)30-16-18-5-2-1-3-6-18/h1-8,11-15,26H,9-10,16-17H2,(H2,27,28,29)/b19-15-. The van der Waals surface area contributed by atoms with Crippen LogP contribution in [-0.4, -0.2) is 21.5 Å². The normalized spacial score (nSPS) is 12.0. The van der Waals surface area contributed by atoms with Gasteiger partial charge in [0, 0.05) is 14.8 Å². The van der Waals surface area contributed by atoms with Gasteiger partial charge in [-0.05, 0) is 59.9 Å². The first-order valence-corrected chi connectivity index (χ1v) is 12.8. The molecule has 0 unspecified atom stereocenters. The molecule has 0 amide bonds. The maximum Gasteiger partial charge on any atom is 0.469 e. The Morgan fingerprint density at radius 1 is 1.00 bits per heavy atom. The average Bonchev–Trinajstić information content (AvgIpc) is 2.79. The third-order valence-electron chi connectivity index (χ3n) is 4.63. The minimum atomic E-state index is -4.59. The number of rotatable bonds is 11. The molecule has 0 atom stereocenters. The van der Waals surface area contributed by atoms with E-state index < -0.39 is 7.82 Å². The van der Waals surface area contributed by atoms with E-state index in [1.807, 2.05) is 72.8 Å². The first-order chi connectivity index (χ1) is 15.8. The summed E-state index contributed by atoms with van der Waals surface area (Å²) in [6.45, 7) is 0.147. The number of hydrogen-bond acceptors (Lipinski definition) is 5. The van der Waals surface area contributed by atoms with Gasteiger partial charge in [0.1, 0.15) is 12.4 Å². The zero-order valence-electron chi connectivity index (χ0n) is 17.6. The van der Waals surface area contributed by atoms with E-state index in [4.69, 9.17) is 26.1 Å². The van der Waals surface area contributed by atoms with Gasteiger partial charge in [0.15, 0.2) is 0 Å². The van der Waals surface area contributed by atoms with Crippen LogP contribution in [0.15, 0.2) is 94.4 Å². The van der Waals surface area contributed by atoms with E-state index in [0.29, 0.717) is 30.0 Å². The maximum atomic E-state index is 10.8. The molecule has 0 heterocycles. The molecule has 3 aromatic carbocycles. The molecule has 174 valence electrons. The van der Waals surface area contributed by atoms with Crippen LogP contribution in [0.2, 0.25) is 5.02 Å². The molecule has 3 aromatic rings. The van der Waals surface area contributed by atoms with Crippen LogP contribution in [0.25, 0.3) is 0 Å². The predicted octanol–water partition coefficient (Wildman–Crippen LogP) is 6.55. The van der Waals surface area contributed by atoms with Crippen molar-refractivity contribution in [3.8, 4) is 5.75 Å². The molecule has 0 aliphatic carbocycles. The van der Waals surface area contributed by atoms with Crippen LogP contribution < -0.4 is 4.74 Å². The van der Waals surface area contributed by atoms with Crippen LogP contribution in [0, 0.1) is 0 Å². The van der Waals surface area contributed by atoms with Gasteiger partial charge in [-0.15, -0.1) is 0 Å². The monoisotopic (exact) mass is 506 g/mol. The molecule has 0 saturated carbocycles. The lowest BCUT2D eigenvalue weighted by atomic mass is 10.1. The summed E-state index contributed by atoms with van der Waals surface area (Å²) in [6.07, 6.45) is 1.65. The summed E-state index contributed by atoms with van der Waals surface area (Å²) in [6, 6.07) is 23.6. The molecule has 0 saturated heterocycles. The highest BCUT2D eigenvalue weighted by atomic mass is 35.5. The molecule has 0 bridgehead atoms. The second-order valence-corrected chi connectivity index (χ2v) is 9.95. The SMILES string of the molecule is O=P(O)(O)OC/C(=C\O)CCc1ccc(Sc2cccc(OCc3ccccc3)c2)cc1Cl. The maximum absolute atomic E-state index is 10.8. The fraction of sp³-hybridized carbons (Fsp3) is 0.167. The minimum Gasteiger partial charge on any atom is -0.516 e. The Kier molecular flexibility index (Phi) is 9.44. The van der Waals surface area contributed by atoms with Crippen LogP contribution in [-0.2, 0) is 22.1 Å². The number of aryl methyl sites for hydroxylation is 1. The smallest absolute Gasteiger partial charge is 0.469 e. The Labute approximate surface area is 202 Å². The number of aliphatic hydroxyl groups is 1. The number of phosphoric acid groups is 1. The first-order valence-electron chi connectivity index (χ1n) is 10.1. The quantitative estimate of drug-likeness (QED) is 0.200.